The van der Waals surface area contributed by atoms with Crippen molar-refractivity contribution < 1.29 is 4.79 Å². The second-order valence-electron chi connectivity index (χ2n) is 5.39. The van der Waals surface area contributed by atoms with Crippen molar-refractivity contribution in [1.82, 2.24) is 9.88 Å². The third-order valence-electron chi connectivity index (χ3n) is 3.49. The molecule has 1 aliphatic rings. The van der Waals surface area contributed by atoms with Gasteiger partial charge in [-0.2, -0.15) is 11.3 Å². The lowest BCUT2D eigenvalue weighted by Gasteiger charge is -2.14. The highest BCUT2D eigenvalue weighted by atomic mass is 79.9. The van der Waals surface area contributed by atoms with E-state index < -0.39 is 0 Å². The minimum Gasteiger partial charge on any atom is -0.348 e. The van der Waals surface area contributed by atoms with Crippen LogP contribution >= 0.6 is 27.3 Å². The Morgan fingerprint density at radius 2 is 2.40 bits per heavy atom. The first kappa shape index (κ1) is 13.9. The maximum absolute atomic E-state index is 12.4. The summed E-state index contributed by atoms with van der Waals surface area (Å²) in [5.74, 6) is 0.0188. The predicted molar refractivity (Wildman–Crippen MR) is 85.4 cm³/mol. The van der Waals surface area contributed by atoms with Gasteiger partial charge in [-0.25, -0.2) is 0 Å². The van der Waals surface area contributed by atoms with Gasteiger partial charge in [0, 0.05) is 22.8 Å². The van der Waals surface area contributed by atoms with Gasteiger partial charge < -0.3 is 9.88 Å². The van der Waals surface area contributed by atoms with Crippen LogP contribution in [0.2, 0.25) is 0 Å². The molecule has 0 aromatic carbocycles. The number of nitrogens with zero attached hydrogens (tertiary/aromatic N) is 1. The first-order valence-electron chi connectivity index (χ1n) is 6.83. The summed E-state index contributed by atoms with van der Waals surface area (Å²) in [7, 11) is 0. The van der Waals surface area contributed by atoms with Gasteiger partial charge in [-0.1, -0.05) is 0 Å². The molecule has 2 aromatic heterocycles. The van der Waals surface area contributed by atoms with Gasteiger partial charge in [0.2, 0.25) is 0 Å². The molecule has 0 radical (unpaired) electrons. The largest absolute Gasteiger partial charge is 0.348 e. The number of aromatic nitrogens is 1. The number of carbonyl (C=O) groups is 1. The molecule has 1 N–H and O–H groups in total. The maximum Gasteiger partial charge on any atom is 0.268 e. The molecule has 1 saturated carbocycles. The standard InChI is InChI=1S/C15H17BrN2OS/c1-10(6-11-4-5-20-9-11)17-15(19)14-7-12(16)8-18(14)13-2-3-13/h4-5,7-10,13H,2-3,6H2,1H3,(H,17,19). The van der Waals surface area contributed by atoms with Crippen LogP contribution in [0, 0.1) is 0 Å². The summed E-state index contributed by atoms with van der Waals surface area (Å²) in [6, 6.07) is 4.66. The Bertz CT molecular complexity index is 601. The van der Waals surface area contributed by atoms with E-state index in [9.17, 15) is 4.79 Å². The van der Waals surface area contributed by atoms with Crippen molar-refractivity contribution in [3.63, 3.8) is 0 Å². The highest BCUT2D eigenvalue weighted by molar-refractivity contribution is 9.10. The molecular weight excluding hydrogens is 336 g/mol. The first-order chi connectivity index (χ1) is 9.63. The summed E-state index contributed by atoms with van der Waals surface area (Å²) in [5, 5.41) is 7.29. The lowest BCUT2D eigenvalue weighted by Crippen LogP contribution is -2.35. The molecule has 1 unspecified atom stereocenters. The van der Waals surface area contributed by atoms with E-state index in [2.05, 4.69) is 49.6 Å². The van der Waals surface area contributed by atoms with Crippen molar-refractivity contribution in [3.8, 4) is 0 Å². The van der Waals surface area contributed by atoms with Crippen molar-refractivity contribution >= 4 is 33.2 Å². The molecule has 3 nitrogen and oxygen atoms in total. The van der Waals surface area contributed by atoms with Crippen molar-refractivity contribution in [3.05, 3.63) is 44.8 Å². The molecule has 2 heterocycles. The van der Waals surface area contributed by atoms with Crippen molar-refractivity contribution in [2.24, 2.45) is 0 Å². The number of amides is 1. The zero-order valence-corrected chi connectivity index (χ0v) is 13.7. The van der Waals surface area contributed by atoms with Gasteiger partial charge in [-0.15, -0.1) is 0 Å². The number of hydrogen-bond donors (Lipinski definition) is 1. The maximum atomic E-state index is 12.4. The molecule has 1 amide bonds. The van der Waals surface area contributed by atoms with Crippen LogP contribution in [0.25, 0.3) is 0 Å². The van der Waals surface area contributed by atoms with E-state index in [1.165, 1.54) is 18.4 Å². The minimum atomic E-state index is 0.0188. The van der Waals surface area contributed by atoms with Crippen molar-refractivity contribution in [1.29, 1.82) is 0 Å². The minimum absolute atomic E-state index is 0.0188. The van der Waals surface area contributed by atoms with Crippen LogP contribution in [0.5, 0.6) is 0 Å². The third kappa shape index (κ3) is 3.15. The van der Waals surface area contributed by atoms with Crippen LogP contribution in [0.15, 0.2) is 33.6 Å². The molecule has 3 rings (SSSR count). The lowest BCUT2D eigenvalue weighted by atomic mass is 10.1. The smallest absolute Gasteiger partial charge is 0.268 e. The van der Waals surface area contributed by atoms with E-state index in [1.807, 2.05) is 12.3 Å². The molecule has 0 aliphatic heterocycles. The quantitative estimate of drug-likeness (QED) is 0.866. The lowest BCUT2D eigenvalue weighted by molar-refractivity contribution is 0.0930. The molecule has 1 aliphatic carbocycles. The summed E-state index contributed by atoms with van der Waals surface area (Å²) < 4.78 is 3.07. The van der Waals surface area contributed by atoms with Crippen molar-refractivity contribution in [2.45, 2.75) is 38.3 Å². The van der Waals surface area contributed by atoms with Gasteiger partial charge >= 0.3 is 0 Å². The van der Waals surface area contributed by atoms with E-state index >= 15 is 0 Å². The SMILES string of the molecule is CC(Cc1ccsc1)NC(=O)c1cc(Br)cn1C1CC1. The van der Waals surface area contributed by atoms with Gasteiger partial charge in [0.25, 0.3) is 5.91 Å². The zero-order valence-electron chi connectivity index (χ0n) is 11.3. The predicted octanol–water partition coefficient (Wildman–Crippen LogP) is 4.01. The molecule has 2 aromatic rings. The fraction of sp³-hybridized carbons (Fsp3) is 0.400. The molecule has 5 heteroatoms. The Kier molecular flexibility index (Phi) is 3.98. The Balaban J connectivity index is 1.66. The molecule has 20 heavy (non-hydrogen) atoms. The third-order valence-corrected chi connectivity index (χ3v) is 4.65. The second-order valence-corrected chi connectivity index (χ2v) is 7.09. The molecule has 106 valence electrons. The Labute approximate surface area is 131 Å². The van der Waals surface area contributed by atoms with Crippen molar-refractivity contribution in [2.75, 3.05) is 0 Å². The number of rotatable bonds is 5. The number of thiophene rings is 1. The fourth-order valence-corrected chi connectivity index (χ4v) is 3.51. The summed E-state index contributed by atoms with van der Waals surface area (Å²) >= 11 is 5.15. The van der Waals surface area contributed by atoms with Gasteiger partial charge in [-0.05, 0) is 70.6 Å². The van der Waals surface area contributed by atoms with Gasteiger partial charge in [-0.3, -0.25) is 4.79 Å². The number of hydrogen-bond acceptors (Lipinski definition) is 2. The van der Waals surface area contributed by atoms with E-state index in [0.29, 0.717) is 6.04 Å². The van der Waals surface area contributed by atoms with Crippen LogP contribution in [-0.2, 0) is 6.42 Å². The highest BCUT2D eigenvalue weighted by Gasteiger charge is 2.28. The van der Waals surface area contributed by atoms with Crippen LogP contribution in [-0.4, -0.2) is 16.5 Å². The molecular formula is C15H17BrN2OS. The van der Waals surface area contributed by atoms with Gasteiger partial charge in [0.15, 0.2) is 0 Å². The van der Waals surface area contributed by atoms with Gasteiger partial charge in [0.1, 0.15) is 5.69 Å². The highest BCUT2D eigenvalue weighted by Crippen LogP contribution is 2.37. The summed E-state index contributed by atoms with van der Waals surface area (Å²) in [6.07, 6.45) is 5.23. The Hall–Kier alpha value is -1.07. The van der Waals surface area contributed by atoms with Crippen LogP contribution in [0.3, 0.4) is 0 Å². The topological polar surface area (TPSA) is 34.0 Å². The summed E-state index contributed by atoms with van der Waals surface area (Å²) in [6.45, 7) is 2.05. The molecule has 0 bridgehead atoms. The molecule has 0 saturated heterocycles. The Morgan fingerprint density at radius 1 is 1.60 bits per heavy atom. The van der Waals surface area contributed by atoms with E-state index in [0.717, 1.165) is 16.6 Å². The fourth-order valence-electron chi connectivity index (χ4n) is 2.39. The molecule has 1 fully saturated rings. The number of halogens is 1. The second kappa shape index (κ2) is 5.74. The van der Waals surface area contributed by atoms with Crippen LogP contribution in [0.1, 0.15) is 41.9 Å². The van der Waals surface area contributed by atoms with Crippen LogP contribution < -0.4 is 5.32 Å². The first-order valence-corrected chi connectivity index (χ1v) is 8.56. The summed E-state index contributed by atoms with van der Waals surface area (Å²) in [4.78, 5) is 12.4. The monoisotopic (exact) mass is 352 g/mol. The Morgan fingerprint density at radius 3 is 3.05 bits per heavy atom. The van der Waals surface area contributed by atoms with Gasteiger partial charge in [0.05, 0.1) is 0 Å². The average Bonchev–Trinajstić information content (AvgIpc) is 2.98. The van der Waals surface area contributed by atoms with E-state index in [-0.39, 0.29) is 11.9 Å². The molecule has 1 atom stereocenters. The van der Waals surface area contributed by atoms with Crippen LogP contribution in [0.4, 0.5) is 0 Å². The number of carbonyl (C=O) groups excluding carboxylic acids is 1. The summed E-state index contributed by atoms with van der Waals surface area (Å²) in [5.41, 5.74) is 2.04. The van der Waals surface area contributed by atoms with E-state index in [1.54, 1.807) is 11.3 Å². The zero-order chi connectivity index (χ0) is 14.1. The van der Waals surface area contributed by atoms with E-state index in [4.69, 9.17) is 0 Å². The average molecular weight is 353 g/mol. The number of nitrogens with one attached hydrogen (secondary N) is 1. The normalized spacial score (nSPS) is 16.1. The molecule has 0 spiro atoms.